The molecule has 1 aromatic rings. The largest absolute Gasteiger partial charge is 0.342 e. The molecule has 1 heterocycles. The maximum absolute atomic E-state index is 12.8. The molecule has 1 aromatic carbocycles. The Morgan fingerprint density at radius 3 is 2.48 bits per heavy atom. The smallest absolute Gasteiger partial charge is 0.246 e. The van der Waals surface area contributed by atoms with Crippen LogP contribution in [0.1, 0.15) is 32.3 Å². The van der Waals surface area contributed by atoms with E-state index in [-0.39, 0.29) is 11.8 Å². The number of nitrogens with zero attached hydrogens (tertiary/aromatic N) is 1. The number of amides is 2. The van der Waals surface area contributed by atoms with Gasteiger partial charge in [0, 0.05) is 13.0 Å². The third-order valence-electron chi connectivity index (χ3n) is 4.86. The standard InChI is InChI=1S/C17H22N2O2/c1-3-19-15(20)14(11-12-7-5-4-6-8-12)18-16(21)17(19,2)13-9-10-13/h4-8,13-14H,3,9-11H2,1-2H3,(H,18,21). The van der Waals surface area contributed by atoms with Crippen molar-refractivity contribution >= 4 is 11.8 Å². The van der Waals surface area contributed by atoms with Crippen molar-refractivity contribution in [3.8, 4) is 0 Å². The van der Waals surface area contributed by atoms with Crippen LogP contribution >= 0.6 is 0 Å². The molecule has 0 radical (unpaired) electrons. The number of carbonyl (C=O) groups excluding carboxylic acids is 2. The van der Waals surface area contributed by atoms with Crippen LogP contribution in [0.2, 0.25) is 0 Å². The average molecular weight is 286 g/mol. The van der Waals surface area contributed by atoms with Gasteiger partial charge in [0.2, 0.25) is 11.8 Å². The summed E-state index contributed by atoms with van der Waals surface area (Å²) in [5.74, 6) is 0.377. The lowest BCUT2D eigenvalue weighted by atomic mass is 9.87. The molecule has 2 fully saturated rings. The van der Waals surface area contributed by atoms with Crippen LogP contribution < -0.4 is 5.32 Å². The van der Waals surface area contributed by atoms with Gasteiger partial charge in [-0.05, 0) is 38.2 Å². The zero-order valence-electron chi connectivity index (χ0n) is 12.6. The number of nitrogens with one attached hydrogen (secondary N) is 1. The molecular weight excluding hydrogens is 264 g/mol. The highest BCUT2D eigenvalue weighted by Crippen LogP contribution is 2.44. The van der Waals surface area contributed by atoms with Gasteiger partial charge in [-0.1, -0.05) is 30.3 Å². The molecule has 21 heavy (non-hydrogen) atoms. The Morgan fingerprint density at radius 1 is 1.24 bits per heavy atom. The van der Waals surface area contributed by atoms with Crippen molar-refractivity contribution in [2.45, 2.75) is 44.7 Å². The van der Waals surface area contributed by atoms with Crippen molar-refractivity contribution in [1.82, 2.24) is 10.2 Å². The van der Waals surface area contributed by atoms with Crippen LogP contribution in [0, 0.1) is 5.92 Å². The highest BCUT2D eigenvalue weighted by Gasteiger charge is 2.56. The average Bonchev–Trinajstić information content (AvgIpc) is 3.31. The lowest BCUT2D eigenvalue weighted by Crippen LogP contribution is -2.70. The van der Waals surface area contributed by atoms with E-state index in [0.717, 1.165) is 18.4 Å². The molecule has 1 aliphatic carbocycles. The molecule has 1 saturated heterocycles. The minimum absolute atomic E-state index is 0.00683. The first-order chi connectivity index (χ1) is 10.1. The Hall–Kier alpha value is -1.84. The van der Waals surface area contributed by atoms with Crippen LogP contribution in [0.4, 0.5) is 0 Å². The summed E-state index contributed by atoms with van der Waals surface area (Å²) < 4.78 is 0. The van der Waals surface area contributed by atoms with Gasteiger partial charge >= 0.3 is 0 Å². The second-order valence-corrected chi connectivity index (χ2v) is 6.22. The van der Waals surface area contributed by atoms with Gasteiger partial charge in [0.1, 0.15) is 11.6 Å². The molecule has 2 aliphatic rings. The molecule has 0 spiro atoms. The summed E-state index contributed by atoms with van der Waals surface area (Å²) in [5, 5.41) is 2.96. The van der Waals surface area contributed by atoms with Crippen molar-refractivity contribution in [3.05, 3.63) is 35.9 Å². The summed E-state index contributed by atoms with van der Waals surface area (Å²) in [4.78, 5) is 27.2. The summed E-state index contributed by atoms with van der Waals surface area (Å²) in [6.45, 7) is 4.46. The number of piperazine rings is 1. The van der Waals surface area contributed by atoms with E-state index in [1.54, 1.807) is 4.90 Å². The van der Waals surface area contributed by atoms with E-state index in [1.165, 1.54) is 0 Å². The van der Waals surface area contributed by atoms with Crippen molar-refractivity contribution in [3.63, 3.8) is 0 Å². The van der Waals surface area contributed by atoms with Gasteiger partial charge in [-0.25, -0.2) is 0 Å². The number of hydrogen-bond acceptors (Lipinski definition) is 2. The maximum Gasteiger partial charge on any atom is 0.246 e. The van der Waals surface area contributed by atoms with Gasteiger partial charge in [-0.3, -0.25) is 9.59 Å². The lowest BCUT2D eigenvalue weighted by molar-refractivity contribution is -0.157. The zero-order valence-corrected chi connectivity index (χ0v) is 12.6. The molecule has 3 rings (SSSR count). The van der Waals surface area contributed by atoms with Gasteiger partial charge in [0.15, 0.2) is 0 Å². The number of likely N-dealkylation sites (N-methyl/N-ethyl adjacent to an activating group) is 1. The fourth-order valence-electron chi connectivity index (χ4n) is 3.43. The van der Waals surface area contributed by atoms with E-state index in [2.05, 4.69) is 5.32 Å². The Kier molecular flexibility index (Phi) is 3.47. The van der Waals surface area contributed by atoms with Crippen LogP contribution in [0.25, 0.3) is 0 Å². The third kappa shape index (κ3) is 2.33. The molecule has 0 aromatic heterocycles. The van der Waals surface area contributed by atoms with E-state index in [0.29, 0.717) is 18.9 Å². The molecule has 1 aliphatic heterocycles. The second kappa shape index (κ2) is 5.17. The van der Waals surface area contributed by atoms with E-state index in [4.69, 9.17) is 0 Å². The minimum atomic E-state index is -0.654. The molecule has 1 saturated carbocycles. The Bertz CT molecular complexity index is 553. The fraction of sp³-hybridized carbons (Fsp3) is 0.529. The third-order valence-corrected chi connectivity index (χ3v) is 4.86. The highest BCUT2D eigenvalue weighted by molar-refractivity contribution is 6.00. The SMILES string of the molecule is CCN1C(=O)C(Cc2ccccc2)NC(=O)C1(C)C1CC1. The summed E-state index contributed by atoms with van der Waals surface area (Å²) in [6.07, 6.45) is 2.64. The van der Waals surface area contributed by atoms with Gasteiger partial charge in [0.25, 0.3) is 0 Å². The van der Waals surface area contributed by atoms with Crippen LogP contribution in [-0.2, 0) is 16.0 Å². The highest BCUT2D eigenvalue weighted by atomic mass is 16.2. The van der Waals surface area contributed by atoms with Crippen LogP contribution in [0.5, 0.6) is 0 Å². The monoisotopic (exact) mass is 286 g/mol. The van der Waals surface area contributed by atoms with Crippen molar-refractivity contribution in [2.75, 3.05) is 6.54 Å². The van der Waals surface area contributed by atoms with Gasteiger partial charge < -0.3 is 10.2 Å². The topological polar surface area (TPSA) is 49.4 Å². The van der Waals surface area contributed by atoms with Crippen LogP contribution in [-0.4, -0.2) is 34.8 Å². The molecule has 2 unspecified atom stereocenters. The van der Waals surface area contributed by atoms with E-state index in [1.807, 2.05) is 44.2 Å². The predicted octanol–water partition coefficient (Wildman–Crippen LogP) is 1.74. The fourth-order valence-corrected chi connectivity index (χ4v) is 3.43. The summed E-state index contributed by atoms with van der Waals surface area (Å²) in [7, 11) is 0. The van der Waals surface area contributed by atoms with Crippen LogP contribution in [0.15, 0.2) is 30.3 Å². The summed E-state index contributed by atoms with van der Waals surface area (Å²) in [6, 6.07) is 9.40. The number of carbonyl (C=O) groups is 2. The van der Waals surface area contributed by atoms with Gasteiger partial charge in [-0.15, -0.1) is 0 Å². The number of hydrogen-bond donors (Lipinski definition) is 1. The molecule has 2 amide bonds. The Labute approximate surface area is 125 Å². The summed E-state index contributed by atoms with van der Waals surface area (Å²) in [5.41, 5.74) is 0.418. The summed E-state index contributed by atoms with van der Waals surface area (Å²) >= 11 is 0. The van der Waals surface area contributed by atoms with Crippen molar-refractivity contribution in [1.29, 1.82) is 0 Å². The van der Waals surface area contributed by atoms with Crippen LogP contribution in [0.3, 0.4) is 0 Å². The molecule has 1 N–H and O–H groups in total. The molecular formula is C17H22N2O2. The quantitative estimate of drug-likeness (QED) is 0.916. The van der Waals surface area contributed by atoms with Crippen molar-refractivity contribution < 1.29 is 9.59 Å². The lowest BCUT2D eigenvalue weighted by Gasteiger charge is -2.46. The predicted molar refractivity (Wildman–Crippen MR) is 80.6 cm³/mol. The zero-order chi connectivity index (χ0) is 15.0. The van der Waals surface area contributed by atoms with E-state index < -0.39 is 11.6 Å². The Balaban J connectivity index is 1.83. The Morgan fingerprint density at radius 2 is 1.90 bits per heavy atom. The molecule has 0 bridgehead atoms. The minimum Gasteiger partial charge on any atom is -0.342 e. The first-order valence-electron chi connectivity index (χ1n) is 7.73. The normalized spacial score (nSPS) is 29.4. The van der Waals surface area contributed by atoms with E-state index in [9.17, 15) is 9.59 Å². The maximum atomic E-state index is 12.8. The number of benzene rings is 1. The molecule has 4 nitrogen and oxygen atoms in total. The van der Waals surface area contributed by atoms with Gasteiger partial charge in [-0.2, -0.15) is 0 Å². The first kappa shape index (κ1) is 14.1. The molecule has 112 valence electrons. The van der Waals surface area contributed by atoms with E-state index >= 15 is 0 Å². The molecule has 4 heteroatoms. The second-order valence-electron chi connectivity index (χ2n) is 6.22. The first-order valence-corrected chi connectivity index (χ1v) is 7.73. The molecule has 2 atom stereocenters. The number of rotatable bonds is 4. The van der Waals surface area contributed by atoms with Gasteiger partial charge in [0.05, 0.1) is 0 Å². The van der Waals surface area contributed by atoms with Crippen molar-refractivity contribution in [2.24, 2.45) is 5.92 Å².